The molecule has 0 bridgehead atoms. The number of carbonyl (C=O) groups excluding carboxylic acids is 1. The molecule has 0 saturated carbocycles. The van der Waals surface area contributed by atoms with E-state index in [1.807, 2.05) is 31.2 Å². The lowest BCUT2D eigenvalue weighted by molar-refractivity contribution is -0.116. The maximum absolute atomic E-state index is 11.2. The Kier molecular flexibility index (Phi) is 3.96. The highest BCUT2D eigenvalue weighted by atomic mass is 32.1. The Morgan fingerprint density at radius 1 is 1.37 bits per heavy atom. The molecule has 6 nitrogen and oxygen atoms in total. The third-order valence-electron chi connectivity index (χ3n) is 2.49. The lowest BCUT2D eigenvalue weighted by atomic mass is 10.2. The summed E-state index contributed by atoms with van der Waals surface area (Å²) >= 11 is 1.25. The summed E-state index contributed by atoms with van der Waals surface area (Å²) in [7, 11) is 0. The van der Waals surface area contributed by atoms with E-state index in [-0.39, 0.29) is 6.54 Å². The Hall–Kier alpha value is -2.15. The molecule has 4 N–H and O–H groups in total. The average Bonchev–Trinajstić information content (AvgIpc) is 2.77. The van der Waals surface area contributed by atoms with Gasteiger partial charge in [-0.1, -0.05) is 12.1 Å². The molecule has 0 unspecified atom stereocenters. The average molecular weight is 277 g/mol. The second-order valence-electron chi connectivity index (χ2n) is 4.19. The number of rotatable bonds is 5. The molecule has 19 heavy (non-hydrogen) atoms. The molecule has 1 aromatic heterocycles. The number of benzene rings is 1. The number of hydrogen-bond acceptors (Lipinski definition) is 6. The Morgan fingerprint density at radius 2 is 2.05 bits per heavy atom. The number of amides is 1. The Bertz CT molecular complexity index is 566. The number of hydrogen-bond donors (Lipinski definition) is 2. The molecular weight excluding hydrogens is 262 g/mol. The van der Waals surface area contributed by atoms with E-state index in [1.165, 1.54) is 11.5 Å². The van der Waals surface area contributed by atoms with Gasteiger partial charge in [0, 0.05) is 23.8 Å². The molecule has 1 heterocycles. The van der Waals surface area contributed by atoms with Crippen LogP contribution in [0.3, 0.4) is 0 Å². The van der Waals surface area contributed by atoms with Crippen LogP contribution in [0.1, 0.15) is 11.4 Å². The van der Waals surface area contributed by atoms with Gasteiger partial charge in [0.05, 0.1) is 6.54 Å². The Labute approximate surface area is 115 Å². The van der Waals surface area contributed by atoms with Crippen molar-refractivity contribution in [3.8, 4) is 0 Å². The van der Waals surface area contributed by atoms with Crippen molar-refractivity contribution in [2.75, 3.05) is 17.2 Å². The van der Waals surface area contributed by atoms with Gasteiger partial charge in [0.1, 0.15) is 5.82 Å². The molecule has 0 saturated heterocycles. The van der Waals surface area contributed by atoms with Gasteiger partial charge < -0.3 is 16.4 Å². The molecule has 100 valence electrons. The maximum atomic E-state index is 11.2. The van der Waals surface area contributed by atoms with Gasteiger partial charge >= 0.3 is 0 Å². The number of nitrogens with two attached hydrogens (primary N) is 2. The third kappa shape index (κ3) is 3.65. The third-order valence-corrected chi connectivity index (χ3v) is 3.36. The van der Waals surface area contributed by atoms with E-state index in [0.717, 1.165) is 5.56 Å². The first-order chi connectivity index (χ1) is 9.04. The summed E-state index contributed by atoms with van der Waals surface area (Å²) in [5.41, 5.74) is 12.7. The van der Waals surface area contributed by atoms with Crippen molar-refractivity contribution < 1.29 is 4.79 Å². The predicted molar refractivity (Wildman–Crippen MR) is 75.7 cm³/mol. The van der Waals surface area contributed by atoms with Crippen LogP contribution in [0.15, 0.2) is 24.3 Å². The van der Waals surface area contributed by atoms with Crippen molar-refractivity contribution >= 4 is 28.3 Å². The summed E-state index contributed by atoms with van der Waals surface area (Å²) < 4.78 is 4.12. The summed E-state index contributed by atoms with van der Waals surface area (Å²) in [6, 6.07) is 7.47. The second-order valence-corrected chi connectivity index (χ2v) is 4.92. The number of primary amides is 1. The van der Waals surface area contributed by atoms with Crippen molar-refractivity contribution in [3.63, 3.8) is 0 Å². The van der Waals surface area contributed by atoms with Crippen molar-refractivity contribution in [2.45, 2.75) is 13.5 Å². The van der Waals surface area contributed by atoms with E-state index in [4.69, 9.17) is 11.5 Å². The highest BCUT2D eigenvalue weighted by molar-refractivity contribution is 7.09. The molecule has 0 aliphatic rings. The van der Waals surface area contributed by atoms with E-state index in [2.05, 4.69) is 9.36 Å². The minimum Gasteiger partial charge on any atom is -0.399 e. The largest absolute Gasteiger partial charge is 0.399 e. The molecule has 0 fully saturated rings. The number of aromatic nitrogens is 2. The van der Waals surface area contributed by atoms with Crippen LogP contribution in [-0.4, -0.2) is 21.8 Å². The predicted octanol–water partition coefficient (Wildman–Crippen LogP) is 0.921. The minimum absolute atomic E-state index is 0.110. The first-order valence-electron chi connectivity index (χ1n) is 5.72. The fraction of sp³-hybridized carbons (Fsp3) is 0.250. The van der Waals surface area contributed by atoms with Gasteiger partial charge in [-0.15, -0.1) is 0 Å². The maximum Gasteiger partial charge on any atom is 0.237 e. The first-order valence-corrected chi connectivity index (χ1v) is 6.50. The highest BCUT2D eigenvalue weighted by Gasteiger charge is 2.14. The second kappa shape index (κ2) is 5.66. The van der Waals surface area contributed by atoms with Crippen LogP contribution in [0.25, 0.3) is 0 Å². The summed E-state index contributed by atoms with van der Waals surface area (Å²) in [4.78, 5) is 17.2. The monoisotopic (exact) mass is 277 g/mol. The fourth-order valence-corrected chi connectivity index (χ4v) is 2.31. The smallest absolute Gasteiger partial charge is 0.237 e. The van der Waals surface area contributed by atoms with Gasteiger partial charge in [-0.05, 0) is 24.6 Å². The topological polar surface area (TPSA) is 98.1 Å². The molecule has 2 rings (SSSR count). The van der Waals surface area contributed by atoms with Crippen molar-refractivity contribution in [1.82, 2.24) is 9.36 Å². The molecule has 7 heteroatoms. The number of nitrogen functional groups attached to an aromatic ring is 1. The van der Waals surface area contributed by atoms with E-state index in [1.54, 1.807) is 4.90 Å². The van der Waals surface area contributed by atoms with Crippen LogP contribution < -0.4 is 16.4 Å². The summed E-state index contributed by atoms with van der Waals surface area (Å²) in [5, 5.41) is 0.688. The van der Waals surface area contributed by atoms with Crippen LogP contribution in [0, 0.1) is 6.92 Å². The molecule has 0 spiro atoms. The lowest BCUT2D eigenvalue weighted by Crippen LogP contribution is -2.33. The Balaban J connectivity index is 2.18. The number of nitrogens with zero attached hydrogens (tertiary/aromatic N) is 3. The molecule has 0 aliphatic heterocycles. The van der Waals surface area contributed by atoms with Gasteiger partial charge in [0.15, 0.2) is 0 Å². The number of aryl methyl sites for hydroxylation is 1. The van der Waals surface area contributed by atoms with E-state index in [9.17, 15) is 4.79 Å². The number of anilines is 2. The zero-order valence-electron chi connectivity index (χ0n) is 10.5. The highest BCUT2D eigenvalue weighted by Crippen LogP contribution is 2.19. The van der Waals surface area contributed by atoms with Crippen LogP contribution >= 0.6 is 11.5 Å². The van der Waals surface area contributed by atoms with Crippen LogP contribution in [-0.2, 0) is 11.3 Å². The molecular formula is C12H15N5OS. The van der Waals surface area contributed by atoms with Gasteiger partial charge in [-0.2, -0.15) is 4.37 Å². The van der Waals surface area contributed by atoms with Crippen molar-refractivity contribution in [1.29, 1.82) is 0 Å². The molecule has 1 aromatic carbocycles. The van der Waals surface area contributed by atoms with Crippen LogP contribution in [0.2, 0.25) is 0 Å². The fourth-order valence-electron chi connectivity index (χ4n) is 1.64. The Morgan fingerprint density at radius 3 is 2.58 bits per heavy atom. The lowest BCUT2D eigenvalue weighted by Gasteiger charge is -2.19. The van der Waals surface area contributed by atoms with Gasteiger partial charge in [-0.3, -0.25) is 4.79 Å². The molecule has 0 radical (unpaired) electrons. The SMILES string of the molecule is Cc1nsc(N(CC(N)=O)Cc2ccc(N)cc2)n1. The zero-order valence-corrected chi connectivity index (χ0v) is 11.4. The summed E-state index contributed by atoms with van der Waals surface area (Å²) in [6.45, 7) is 2.46. The molecule has 0 aliphatic carbocycles. The van der Waals surface area contributed by atoms with E-state index < -0.39 is 5.91 Å². The van der Waals surface area contributed by atoms with Crippen molar-refractivity contribution in [2.24, 2.45) is 5.73 Å². The molecule has 1 amide bonds. The van der Waals surface area contributed by atoms with Crippen LogP contribution in [0.5, 0.6) is 0 Å². The first kappa shape index (κ1) is 13.3. The van der Waals surface area contributed by atoms with Gasteiger partial charge in [-0.25, -0.2) is 4.98 Å². The standard InChI is InChI=1S/C12H15N5OS/c1-8-15-12(19-16-8)17(7-11(14)18)6-9-2-4-10(13)5-3-9/h2-5H,6-7,13H2,1H3,(H2,14,18). The minimum atomic E-state index is -0.400. The zero-order chi connectivity index (χ0) is 13.8. The van der Waals surface area contributed by atoms with E-state index in [0.29, 0.717) is 23.2 Å². The van der Waals surface area contributed by atoms with Crippen LogP contribution in [0.4, 0.5) is 10.8 Å². The number of carbonyl (C=O) groups is 1. The summed E-state index contributed by atoms with van der Waals surface area (Å²) in [6.07, 6.45) is 0. The van der Waals surface area contributed by atoms with Gasteiger partial charge in [0.2, 0.25) is 11.0 Å². The van der Waals surface area contributed by atoms with Crippen molar-refractivity contribution in [3.05, 3.63) is 35.7 Å². The molecule has 2 aromatic rings. The quantitative estimate of drug-likeness (QED) is 0.792. The molecule has 0 atom stereocenters. The van der Waals surface area contributed by atoms with Gasteiger partial charge in [0.25, 0.3) is 0 Å². The normalized spacial score (nSPS) is 10.4. The van der Waals surface area contributed by atoms with E-state index >= 15 is 0 Å². The summed E-state index contributed by atoms with van der Waals surface area (Å²) in [5.74, 6) is 0.287.